The zero-order valence-electron chi connectivity index (χ0n) is 9.13. The number of pyridine rings is 1. The fraction of sp³-hybridized carbons (Fsp3) is 0.545. The van der Waals surface area contributed by atoms with Gasteiger partial charge < -0.3 is 4.74 Å². The summed E-state index contributed by atoms with van der Waals surface area (Å²) in [7, 11) is 0. The summed E-state index contributed by atoms with van der Waals surface area (Å²) >= 11 is 0. The fourth-order valence-corrected chi connectivity index (χ4v) is 1.13. The highest BCUT2D eigenvalue weighted by molar-refractivity contribution is 5.23. The second kappa shape index (κ2) is 4.55. The quantitative estimate of drug-likeness (QED) is 0.768. The van der Waals surface area contributed by atoms with Gasteiger partial charge in [-0.05, 0) is 18.6 Å². The predicted octanol–water partition coefficient (Wildman–Crippen LogP) is 3.37. The lowest BCUT2D eigenvalue weighted by molar-refractivity contribution is -0.0501. The van der Waals surface area contributed by atoms with Gasteiger partial charge in [0.2, 0.25) is 0 Å². The fourth-order valence-electron chi connectivity index (χ4n) is 1.13. The van der Waals surface area contributed by atoms with Crippen molar-refractivity contribution in [2.24, 2.45) is 0 Å². The van der Waals surface area contributed by atoms with Crippen molar-refractivity contribution in [1.29, 1.82) is 0 Å². The van der Waals surface area contributed by atoms with Gasteiger partial charge in [0.1, 0.15) is 5.75 Å². The van der Waals surface area contributed by atoms with E-state index in [0.717, 1.165) is 12.1 Å². The van der Waals surface area contributed by atoms with Crippen LogP contribution in [0.4, 0.5) is 8.78 Å². The van der Waals surface area contributed by atoms with E-state index in [1.54, 1.807) is 6.07 Å². The van der Waals surface area contributed by atoms with E-state index in [2.05, 4.69) is 30.5 Å². The maximum absolute atomic E-state index is 11.9. The number of nitrogens with zero attached hydrogens (tertiary/aromatic N) is 1. The molecule has 0 fully saturated rings. The van der Waals surface area contributed by atoms with Gasteiger partial charge in [0.25, 0.3) is 0 Å². The Bertz CT molecular complexity index is 309. The molecule has 0 saturated heterocycles. The molecule has 0 radical (unpaired) electrons. The number of aromatic nitrogens is 1. The van der Waals surface area contributed by atoms with E-state index in [-0.39, 0.29) is 11.2 Å². The van der Waals surface area contributed by atoms with Crippen molar-refractivity contribution in [2.75, 3.05) is 0 Å². The summed E-state index contributed by atoms with van der Waals surface area (Å²) in [6, 6.07) is 3.24. The molecule has 0 amide bonds. The molecule has 0 unspecified atom stereocenters. The first kappa shape index (κ1) is 11.9. The molecule has 1 aromatic heterocycles. The number of ether oxygens (including phenoxy) is 1. The van der Waals surface area contributed by atoms with Crippen LogP contribution in [0.1, 0.15) is 32.9 Å². The Kier molecular flexibility index (Phi) is 3.61. The molecule has 0 aliphatic rings. The third-order valence-electron chi connectivity index (χ3n) is 2.54. The Morgan fingerprint density at radius 3 is 2.47 bits per heavy atom. The summed E-state index contributed by atoms with van der Waals surface area (Å²) in [5, 5.41) is 0. The predicted molar refractivity (Wildman–Crippen MR) is 54.2 cm³/mol. The van der Waals surface area contributed by atoms with E-state index in [1.165, 1.54) is 12.3 Å². The summed E-state index contributed by atoms with van der Waals surface area (Å²) in [6.45, 7) is 3.38. The number of alkyl halides is 2. The first-order valence-corrected chi connectivity index (χ1v) is 4.87. The van der Waals surface area contributed by atoms with Crippen LogP contribution in [0, 0.1) is 0 Å². The Labute approximate surface area is 88.3 Å². The van der Waals surface area contributed by atoms with Gasteiger partial charge in [-0.25, -0.2) is 0 Å². The second-order valence-corrected chi connectivity index (χ2v) is 4.00. The Morgan fingerprint density at radius 2 is 2.07 bits per heavy atom. The van der Waals surface area contributed by atoms with E-state index < -0.39 is 6.61 Å². The lowest BCUT2D eigenvalue weighted by Gasteiger charge is -2.21. The van der Waals surface area contributed by atoms with Gasteiger partial charge in [-0.1, -0.05) is 20.8 Å². The van der Waals surface area contributed by atoms with Crippen molar-refractivity contribution in [3.63, 3.8) is 0 Å². The number of hydrogen-bond acceptors (Lipinski definition) is 2. The maximum atomic E-state index is 11.9. The van der Waals surface area contributed by atoms with Crippen LogP contribution >= 0.6 is 0 Å². The van der Waals surface area contributed by atoms with Gasteiger partial charge in [-0.3, -0.25) is 4.98 Å². The molecule has 1 heterocycles. The molecule has 1 aromatic rings. The van der Waals surface area contributed by atoms with Crippen molar-refractivity contribution >= 4 is 0 Å². The molecule has 2 nitrogen and oxygen atoms in total. The Balaban J connectivity index is 2.81. The van der Waals surface area contributed by atoms with E-state index in [4.69, 9.17) is 0 Å². The van der Waals surface area contributed by atoms with Crippen molar-refractivity contribution in [1.82, 2.24) is 4.98 Å². The van der Waals surface area contributed by atoms with E-state index in [9.17, 15) is 8.78 Å². The summed E-state index contributed by atoms with van der Waals surface area (Å²) in [5.41, 5.74) is 0.843. The Morgan fingerprint density at radius 1 is 1.40 bits per heavy atom. The van der Waals surface area contributed by atoms with Crippen molar-refractivity contribution in [3.05, 3.63) is 24.0 Å². The normalized spacial score (nSPS) is 11.9. The molecule has 84 valence electrons. The summed E-state index contributed by atoms with van der Waals surface area (Å²) in [6.07, 6.45) is 2.27. The monoisotopic (exact) mass is 215 g/mol. The molecule has 0 atom stereocenters. The SMILES string of the molecule is CCC(C)(C)c1ccc(OC(F)F)cn1. The number of hydrogen-bond donors (Lipinski definition) is 0. The van der Waals surface area contributed by atoms with E-state index in [1.807, 2.05) is 0 Å². The highest BCUT2D eigenvalue weighted by Crippen LogP contribution is 2.26. The first-order chi connectivity index (χ1) is 6.95. The zero-order valence-corrected chi connectivity index (χ0v) is 9.13. The third kappa shape index (κ3) is 3.15. The van der Waals surface area contributed by atoms with Crippen LogP contribution in [-0.2, 0) is 5.41 Å². The largest absolute Gasteiger partial charge is 0.433 e. The highest BCUT2D eigenvalue weighted by Gasteiger charge is 2.19. The van der Waals surface area contributed by atoms with Gasteiger partial charge in [0.15, 0.2) is 0 Å². The van der Waals surface area contributed by atoms with Crippen molar-refractivity contribution in [2.45, 2.75) is 39.2 Å². The number of rotatable bonds is 4. The minimum absolute atomic E-state index is 0.0383. The van der Waals surface area contributed by atoms with Gasteiger partial charge in [0, 0.05) is 11.1 Å². The van der Waals surface area contributed by atoms with Gasteiger partial charge >= 0.3 is 6.61 Å². The van der Waals surface area contributed by atoms with Crippen LogP contribution in [0.25, 0.3) is 0 Å². The third-order valence-corrected chi connectivity index (χ3v) is 2.54. The minimum Gasteiger partial charge on any atom is -0.433 e. The molecule has 0 aliphatic heterocycles. The standard InChI is InChI=1S/C11H15F2NO/c1-4-11(2,3)9-6-5-8(7-14-9)15-10(12)13/h5-7,10H,4H2,1-3H3. The molecular weight excluding hydrogens is 200 g/mol. The van der Waals surface area contributed by atoms with Crippen molar-refractivity contribution in [3.8, 4) is 5.75 Å². The molecule has 4 heteroatoms. The highest BCUT2D eigenvalue weighted by atomic mass is 19.3. The lowest BCUT2D eigenvalue weighted by atomic mass is 9.86. The number of halogens is 2. The second-order valence-electron chi connectivity index (χ2n) is 4.00. The van der Waals surface area contributed by atoms with Gasteiger partial charge in [0.05, 0.1) is 6.20 Å². The van der Waals surface area contributed by atoms with E-state index in [0.29, 0.717) is 0 Å². The maximum Gasteiger partial charge on any atom is 0.387 e. The molecule has 0 aliphatic carbocycles. The van der Waals surface area contributed by atoms with Crippen LogP contribution in [0.5, 0.6) is 5.75 Å². The van der Waals surface area contributed by atoms with Crippen LogP contribution in [0.2, 0.25) is 0 Å². The molecule has 1 rings (SSSR count). The van der Waals surface area contributed by atoms with Gasteiger partial charge in [-0.2, -0.15) is 8.78 Å². The van der Waals surface area contributed by atoms with Crippen LogP contribution < -0.4 is 4.74 Å². The topological polar surface area (TPSA) is 22.1 Å². The van der Waals surface area contributed by atoms with Crippen molar-refractivity contribution < 1.29 is 13.5 Å². The van der Waals surface area contributed by atoms with Gasteiger partial charge in [-0.15, -0.1) is 0 Å². The van der Waals surface area contributed by atoms with Crippen LogP contribution in [0.15, 0.2) is 18.3 Å². The average molecular weight is 215 g/mol. The average Bonchev–Trinajstić information content (AvgIpc) is 2.18. The summed E-state index contributed by atoms with van der Waals surface area (Å²) < 4.78 is 28.0. The molecule has 0 N–H and O–H groups in total. The van der Waals surface area contributed by atoms with Crippen LogP contribution in [0.3, 0.4) is 0 Å². The van der Waals surface area contributed by atoms with Crippen LogP contribution in [-0.4, -0.2) is 11.6 Å². The molecule has 0 aromatic carbocycles. The first-order valence-electron chi connectivity index (χ1n) is 4.87. The molecule has 0 saturated carbocycles. The molecule has 0 bridgehead atoms. The lowest BCUT2D eigenvalue weighted by Crippen LogP contribution is -2.17. The Hall–Kier alpha value is -1.19. The van der Waals surface area contributed by atoms with E-state index >= 15 is 0 Å². The summed E-state index contributed by atoms with van der Waals surface area (Å²) in [4.78, 5) is 4.12. The summed E-state index contributed by atoms with van der Waals surface area (Å²) in [5.74, 6) is 0.0978. The minimum atomic E-state index is -2.79. The zero-order chi connectivity index (χ0) is 11.5. The molecule has 0 spiro atoms. The molecule has 15 heavy (non-hydrogen) atoms. The molecular formula is C11H15F2NO. The smallest absolute Gasteiger partial charge is 0.387 e.